The van der Waals surface area contributed by atoms with Gasteiger partial charge in [0.2, 0.25) is 5.91 Å². The Kier molecular flexibility index (Phi) is 7.02. The molecule has 0 aliphatic rings. The Morgan fingerprint density at radius 2 is 1.74 bits per heavy atom. The van der Waals surface area contributed by atoms with Crippen molar-refractivity contribution in [2.45, 2.75) is 19.6 Å². The fourth-order valence-electron chi connectivity index (χ4n) is 3.44. The van der Waals surface area contributed by atoms with E-state index < -0.39 is 30.1 Å². The summed E-state index contributed by atoms with van der Waals surface area (Å²) >= 11 is 1.19. The molecule has 2 amide bonds. The Hall–Kier alpha value is -3.92. The third-order valence-corrected chi connectivity index (χ3v) is 6.26. The number of halogens is 3. The summed E-state index contributed by atoms with van der Waals surface area (Å²) in [5, 5.41) is 2.93. The van der Waals surface area contributed by atoms with E-state index >= 15 is 0 Å². The molecule has 2 aromatic heterocycles. The number of aryl methyl sites for hydroxylation is 1. The van der Waals surface area contributed by atoms with Gasteiger partial charge >= 0.3 is 6.18 Å². The predicted molar refractivity (Wildman–Crippen MR) is 126 cm³/mol. The van der Waals surface area contributed by atoms with Gasteiger partial charge in [-0.1, -0.05) is 42.5 Å². The minimum absolute atomic E-state index is 0.0435. The quantitative estimate of drug-likeness (QED) is 0.338. The Labute approximate surface area is 203 Å². The van der Waals surface area contributed by atoms with Crippen molar-refractivity contribution in [3.63, 3.8) is 0 Å². The summed E-state index contributed by atoms with van der Waals surface area (Å²) in [6.07, 6.45) is -3.20. The van der Waals surface area contributed by atoms with Crippen molar-refractivity contribution in [2.24, 2.45) is 0 Å². The van der Waals surface area contributed by atoms with E-state index in [9.17, 15) is 22.8 Å². The fourth-order valence-corrected chi connectivity index (χ4v) is 4.47. The largest absolute Gasteiger partial charge is 0.467 e. The van der Waals surface area contributed by atoms with Crippen LogP contribution in [0.25, 0.3) is 10.6 Å². The second-order valence-electron chi connectivity index (χ2n) is 7.63. The molecule has 1 N–H and O–H groups in total. The van der Waals surface area contributed by atoms with Crippen LogP contribution in [0.4, 0.5) is 18.9 Å². The molecule has 0 bridgehead atoms. The predicted octanol–water partition coefficient (Wildman–Crippen LogP) is 6.01. The lowest BCUT2D eigenvalue weighted by atomic mass is 10.1. The summed E-state index contributed by atoms with van der Waals surface area (Å²) in [6.45, 7) is 1.17. The first-order valence-corrected chi connectivity index (χ1v) is 11.3. The van der Waals surface area contributed by atoms with Crippen LogP contribution in [0, 0.1) is 6.92 Å². The summed E-state index contributed by atoms with van der Waals surface area (Å²) in [5.74, 6) is -0.822. The average molecular weight is 500 g/mol. The smallest absolute Gasteiger partial charge is 0.418 e. The molecular weight excluding hydrogens is 479 g/mol. The highest BCUT2D eigenvalue weighted by atomic mass is 32.1. The summed E-state index contributed by atoms with van der Waals surface area (Å²) in [6, 6.07) is 17.3. The van der Waals surface area contributed by atoms with E-state index in [1.54, 1.807) is 19.1 Å². The highest BCUT2D eigenvalue weighted by molar-refractivity contribution is 7.17. The van der Waals surface area contributed by atoms with Crippen molar-refractivity contribution >= 4 is 28.8 Å². The number of carbonyl (C=O) groups is 2. The SMILES string of the molecule is Cc1nc(-c2ccccc2)sc1C(=O)N(CC(=O)Nc1ccccc1C(F)(F)F)Cc1ccco1. The van der Waals surface area contributed by atoms with Gasteiger partial charge < -0.3 is 14.6 Å². The Bertz CT molecular complexity index is 1320. The van der Waals surface area contributed by atoms with Crippen LogP contribution >= 0.6 is 11.3 Å². The summed E-state index contributed by atoms with van der Waals surface area (Å²) < 4.78 is 45.3. The standard InChI is InChI=1S/C25H20F3N3O3S/c1-16-22(35-23(29-16)17-8-3-2-4-9-17)24(33)31(14-18-10-7-13-34-18)15-21(32)30-20-12-6-5-11-19(20)25(26,27)28/h2-13H,14-15H2,1H3,(H,30,32). The summed E-state index contributed by atoms with van der Waals surface area (Å²) in [4.78, 5) is 32.3. The normalized spacial score (nSPS) is 11.3. The third kappa shape index (κ3) is 5.78. The van der Waals surface area contributed by atoms with Crippen molar-refractivity contribution in [1.82, 2.24) is 9.88 Å². The topological polar surface area (TPSA) is 75.4 Å². The number of nitrogens with one attached hydrogen (secondary N) is 1. The van der Waals surface area contributed by atoms with Crippen molar-refractivity contribution < 1.29 is 27.2 Å². The van der Waals surface area contributed by atoms with Crippen LogP contribution in [0.15, 0.2) is 77.4 Å². The number of carbonyl (C=O) groups excluding carboxylic acids is 2. The Balaban J connectivity index is 1.58. The molecule has 4 rings (SSSR count). The number of hydrogen-bond donors (Lipinski definition) is 1. The second kappa shape index (κ2) is 10.1. The first kappa shape index (κ1) is 24.2. The monoisotopic (exact) mass is 499 g/mol. The first-order chi connectivity index (χ1) is 16.7. The molecule has 0 fully saturated rings. The second-order valence-corrected chi connectivity index (χ2v) is 8.63. The van der Waals surface area contributed by atoms with Crippen LogP contribution in [-0.2, 0) is 17.5 Å². The molecule has 180 valence electrons. The molecule has 0 saturated heterocycles. The van der Waals surface area contributed by atoms with Crippen LogP contribution in [0.1, 0.15) is 26.7 Å². The Morgan fingerprint density at radius 3 is 2.43 bits per heavy atom. The summed E-state index contributed by atoms with van der Waals surface area (Å²) in [5.41, 5.74) is -0.0105. The maximum Gasteiger partial charge on any atom is 0.418 e. The molecule has 6 nitrogen and oxygen atoms in total. The number of anilines is 1. The lowest BCUT2D eigenvalue weighted by Gasteiger charge is -2.21. The van der Waals surface area contributed by atoms with E-state index in [4.69, 9.17) is 4.42 Å². The zero-order valence-electron chi connectivity index (χ0n) is 18.5. The van der Waals surface area contributed by atoms with Crippen molar-refractivity contribution in [1.29, 1.82) is 0 Å². The molecule has 0 atom stereocenters. The van der Waals surface area contributed by atoms with Crippen LogP contribution in [0.2, 0.25) is 0 Å². The minimum Gasteiger partial charge on any atom is -0.467 e. The van der Waals surface area contributed by atoms with Crippen LogP contribution in [0.5, 0.6) is 0 Å². The number of nitrogens with zero attached hydrogens (tertiary/aromatic N) is 2. The van der Waals surface area contributed by atoms with Gasteiger partial charge in [0.25, 0.3) is 5.91 Å². The number of benzene rings is 2. The van der Waals surface area contributed by atoms with Gasteiger partial charge in [-0.05, 0) is 31.2 Å². The van der Waals surface area contributed by atoms with E-state index in [2.05, 4.69) is 10.3 Å². The summed E-state index contributed by atoms with van der Waals surface area (Å²) in [7, 11) is 0. The van der Waals surface area contributed by atoms with Crippen LogP contribution in [0.3, 0.4) is 0 Å². The molecule has 0 saturated carbocycles. The van der Waals surface area contributed by atoms with E-state index in [0.29, 0.717) is 21.3 Å². The van der Waals surface area contributed by atoms with Gasteiger partial charge in [0, 0.05) is 5.56 Å². The molecule has 0 aliphatic heterocycles. The van der Waals surface area contributed by atoms with Crippen molar-refractivity contribution in [3.05, 3.63) is 94.9 Å². The van der Waals surface area contributed by atoms with E-state index in [0.717, 1.165) is 11.6 Å². The molecular formula is C25H20F3N3O3S. The lowest BCUT2D eigenvalue weighted by Crippen LogP contribution is -2.37. The lowest BCUT2D eigenvalue weighted by molar-refractivity contribution is -0.137. The van der Waals surface area contributed by atoms with Gasteiger partial charge in [-0.2, -0.15) is 13.2 Å². The first-order valence-electron chi connectivity index (χ1n) is 10.5. The van der Waals surface area contributed by atoms with E-state index in [1.807, 2.05) is 30.3 Å². The van der Waals surface area contributed by atoms with Crippen LogP contribution in [-0.4, -0.2) is 28.2 Å². The van der Waals surface area contributed by atoms with Gasteiger partial charge in [0.1, 0.15) is 22.2 Å². The number of aromatic nitrogens is 1. The van der Waals surface area contributed by atoms with Crippen LogP contribution < -0.4 is 5.32 Å². The van der Waals surface area contributed by atoms with Gasteiger partial charge in [-0.25, -0.2) is 4.98 Å². The van der Waals surface area contributed by atoms with Crippen molar-refractivity contribution in [3.8, 4) is 10.6 Å². The molecule has 0 unspecified atom stereocenters. The number of para-hydroxylation sites is 1. The third-order valence-electron chi connectivity index (χ3n) is 5.07. The van der Waals surface area contributed by atoms with E-state index in [-0.39, 0.29) is 12.2 Å². The van der Waals surface area contributed by atoms with Gasteiger partial charge in [0.15, 0.2) is 0 Å². The maximum atomic E-state index is 13.4. The molecule has 0 radical (unpaired) electrons. The molecule has 10 heteroatoms. The average Bonchev–Trinajstić information content (AvgIpc) is 3.48. The minimum atomic E-state index is -4.64. The number of amides is 2. The molecule has 0 aliphatic carbocycles. The molecule has 0 spiro atoms. The highest BCUT2D eigenvalue weighted by Crippen LogP contribution is 2.34. The van der Waals surface area contributed by atoms with Gasteiger partial charge in [0.05, 0.1) is 29.8 Å². The zero-order valence-corrected chi connectivity index (χ0v) is 19.3. The molecule has 35 heavy (non-hydrogen) atoms. The molecule has 4 aromatic rings. The fraction of sp³-hybridized carbons (Fsp3) is 0.160. The Morgan fingerprint density at radius 1 is 1.03 bits per heavy atom. The number of hydrogen-bond acceptors (Lipinski definition) is 5. The molecule has 2 heterocycles. The van der Waals surface area contributed by atoms with Crippen molar-refractivity contribution in [2.75, 3.05) is 11.9 Å². The molecule has 2 aromatic carbocycles. The van der Waals surface area contributed by atoms with E-state index in [1.165, 1.54) is 40.7 Å². The van der Waals surface area contributed by atoms with Gasteiger partial charge in [-0.15, -0.1) is 11.3 Å². The number of furan rings is 1. The van der Waals surface area contributed by atoms with Gasteiger partial charge in [-0.3, -0.25) is 9.59 Å². The maximum absolute atomic E-state index is 13.4. The zero-order chi connectivity index (χ0) is 25.0. The highest BCUT2D eigenvalue weighted by Gasteiger charge is 2.34. The number of thiazole rings is 1. The number of rotatable bonds is 7. The number of alkyl halides is 3.